The monoisotopic (exact) mass is 402 g/mol. The van der Waals surface area contributed by atoms with E-state index in [1.54, 1.807) is 18.2 Å². The molecule has 4 heteroatoms. The van der Waals surface area contributed by atoms with Crippen LogP contribution in [-0.2, 0) is 15.0 Å². The Balaban J connectivity index is 2.62. The van der Waals surface area contributed by atoms with Gasteiger partial charge in [0.1, 0.15) is 11.5 Å². The van der Waals surface area contributed by atoms with Gasteiger partial charge in [0.25, 0.3) is 0 Å². The summed E-state index contributed by atoms with van der Waals surface area (Å²) in [5.74, 6) is 1.00. The van der Waals surface area contributed by atoms with E-state index in [-0.39, 0.29) is 11.4 Å². The van der Waals surface area contributed by atoms with Gasteiger partial charge >= 0.3 is 11.9 Å². The average Bonchev–Trinajstić information content (AvgIpc) is 2.67. The number of hydrogen-bond acceptors (Lipinski definition) is 4. The zero-order valence-electron chi connectivity index (χ0n) is 18.9. The van der Waals surface area contributed by atoms with E-state index in [2.05, 4.69) is 41.2 Å². The molecule has 29 heavy (non-hydrogen) atoms. The lowest BCUT2D eigenvalue weighted by molar-refractivity contribution is -0.134. The number of esters is 2. The van der Waals surface area contributed by atoms with Gasteiger partial charge in [0.2, 0.25) is 0 Å². The van der Waals surface area contributed by atoms with Crippen LogP contribution >= 0.6 is 0 Å². The van der Waals surface area contributed by atoms with Crippen LogP contribution in [0.3, 0.4) is 0 Å². The van der Waals surface area contributed by atoms with Crippen molar-refractivity contribution in [2.75, 3.05) is 0 Å². The van der Waals surface area contributed by atoms with Crippen molar-refractivity contribution in [2.24, 2.45) is 5.92 Å². The van der Waals surface area contributed by atoms with Crippen LogP contribution in [0.1, 0.15) is 91.5 Å². The molecule has 1 aromatic rings. The van der Waals surface area contributed by atoms with Gasteiger partial charge in [0.15, 0.2) is 0 Å². The number of carbonyl (C=O) groups excluding carboxylic acids is 2. The number of hydrogen-bond donors (Lipinski definition) is 0. The van der Waals surface area contributed by atoms with Crippen molar-refractivity contribution >= 4 is 11.9 Å². The number of rotatable bonds is 13. The second kappa shape index (κ2) is 12.5. The zero-order chi connectivity index (χ0) is 21.9. The summed E-state index contributed by atoms with van der Waals surface area (Å²) in [6.45, 7) is 14.1. The van der Waals surface area contributed by atoms with Crippen LogP contribution in [0.25, 0.3) is 0 Å². The van der Waals surface area contributed by atoms with Gasteiger partial charge in [-0.15, -0.1) is 0 Å². The minimum Gasteiger partial charge on any atom is -0.427 e. The van der Waals surface area contributed by atoms with E-state index in [1.807, 2.05) is 0 Å². The molecule has 0 radical (unpaired) electrons. The molecule has 0 aliphatic rings. The highest BCUT2D eigenvalue weighted by atomic mass is 16.5. The fourth-order valence-electron chi connectivity index (χ4n) is 3.07. The highest BCUT2D eigenvalue weighted by Crippen LogP contribution is 2.37. The summed E-state index contributed by atoms with van der Waals surface area (Å²) in [6, 6.07) is 5.16. The van der Waals surface area contributed by atoms with Crippen molar-refractivity contribution in [1.82, 2.24) is 0 Å². The van der Waals surface area contributed by atoms with Crippen LogP contribution in [0.2, 0.25) is 0 Å². The lowest BCUT2D eigenvalue weighted by atomic mass is 9.81. The molecule has 0 amide bonds. The van der Waals surface area contributed by atoms with Crippen LogP contribution in [0.5, 0.6) is 11.5 Å². The third kappa shape index (κ3) is 9.29. The minimum atomic E-state index is -0.503. The molecule has 162 valence electrons. The number of carbonyl (C=O) groups is 2. The summed E-state index contributed by atoms with van der Waals surface area (Å²) in [6.07, 6.45) is 9.24. The second-order valence-corrected chi connectivity index (χ2v) is 8.69. The largest absolute Gasteiger partial charge is 0.427 e. The summed E-state index contributed by atoms with van der Waals surface area (Å²) >= 11 is 0. The molecule has 0 atom stereocenters. The first kappa shape index (κ1) is 24.9. The van der Waals surface area contributed by atoms with E-state index in [0.29, 0.717) is 17.9 Å². The summed E-state index contributed by atoms with van der Waals surface area (Å²) in [7, 11) is 0. The molecular formula is C25H38O4. The topological polar surface area (TPSA) is 52.6 Å². The molecule has 0 saturated carbocycles. The average molecular weight is 403 g/mol. The van der Waals surface area contributed by atoms with Crippen LogP contribution < -0.4 is 9.47 Å². The van der Waals surface area contributed by atoms with Gasteiger partial charge in [-0.25, -0.2) is 4.79 Å². The maximum Gasteiger partial charge on any atom is 0.335 e. The predicted octanol–water partition coefficient (Wildman–Crippen LogP) is 6.76. The Bertz CT molecular complexity index is 673. The Morgan fingerprint density at radius 2 is 1.72 bits per heavy atom. The standard InChI is InChI=1S/C25H38O4/c1-7-23(26)29-22-17-16-20(18-21(22)25(5,6)8-2)28-24(27)15-13-11-9-10-12-14-19(3)4/h7,16-19H,1,8-15H2,2-6H3. The van der Waals surface area contributed by atoms with Crippen LogP contribution in [0.15, 0.2) is 30.9 Å². The number of unbranched alkanes of at least 4 members (excludes halogenated alkanes) is 4. The second-order valence-electron chi connectivity index (χ2n) is 8.69. The molecule has 0 aromatic heterocycles. The Morgan fingerprint density at radius 3 is 2.34 bits per heavy atom. The molecule has 0 aliphatic carbocycles. The third-order valence-corrected chi connectivity index (χ3v) is 5.34. The molecule has 0 fully saturated rings. The maximum absolute atomic E-state index is 12.2. The van der Waals surface area contributed by atoms with Gasteiger partial charge in [0.05, 0.1) is 0 Å². The molecule has 0 aliphatic heterocycles. The molecule has 0 N–H and O–H groups in total. The van der Waals surface area contributed by atoms with Gasteiger partial charge in [-0.2, -0.15) is 0 Å². The first-order valence-corrected chi connectivity index (χ1v) is 10.9. The molecule has 4 nitrogen and oxygen atoms in total. The van der Waals surface area contributed by atoms with Crippen LogP contribution in [-0.4, -0.2) is 11.9 Å². The highest BCUT2D eigenvalue weighted by molar-refractivity contribution is 5.83. The fourth-order valence-corrected chi connectivity index (χ4v) is 3.07. The van der Waals surface area contributed by atoms with Crippen LogP contribution in [0.4, 0.5) is 0 Å². The lowest BCUT2D eigenvalue weighted by Crippen LogP contribution is -2.19. The van der Waals surface area contributed by atoms with E-state index < -0.39 is 5.97 Å². The first-order chi connectivity index (χ1) is 13.7. The normalized spacial score (nSPS) is 11.4. The van der Waals surface area contributed by atoms with E-state index in [1.165, 1.54) is 19.3 Å². The van der Waals surface area contributed by atoms with E-state index in [4.69, 9.17) is 9.47 Å². The summed E-state index contributed by atoms with van der Waals surface area (Å²) in [4.78, 5) is 23.8. The van der Waals surface area contributed by atoms with Crippen molar-refractivity contribution in [2.45, 2.75) is 91.4 Å². The Kier molecular flexibility index (Phi) is 10.7. The molecule has 0 heterocycles. The summed E-state index contributed by atoms with van der Waals surface area (Å²) < 4.78 is 10.9. The maximum atomic E-state index is 12.2. The third-order valence-electron chi connectivity index (χ3n) is 5.34. The fraction of sp³-hybridized carbons (Fsp3) is 0.600. The Labute approximate surface area is 176 Å². The van der Waals surface area contributed by atoms with Crippen molar-refractivity contribution in [3.8, 4) is 11.5 Å². The molecule has 0 bridgehead atoms. The quantitative estimate of drug-likeness (QED) is 0.158. The van der Waals surface area contributed by atoms with Crippen LogP contribution in [0, 0.1) is 5.92 Å². The summed E-state index contributed by atoms with van der Waals surface area (Å²) in [5.41, 5.74) is 0.612. The Morgan fingerprint density at radius 1 is 1.07 bits per heavy atom. The lowest BCUT2D eigenvalue weighted by Gasteiger charge is -2.26. The van der Waals surface area contributed by atoms with Crippen molar-refractivity contribution in [3.05, 3.63) is 36.4 Å². The molecule has 0 unspecified atom stereocenters. The van der Waals surface area contributed by atoms with E-state index in [9.17, 15) is 9.59 Å². The summed E-state index contributed by atoms with van der Waals surface area (Å²) in [5, 5.41) is 0. The van der Waals surface area contributed by atoms with Gasteiger partial charge in [-0.1, -0.05) is 73.3 Å². The molecule has 0 spiro atoms. The highest BCUT2D eigenvalue weighted by Gasteiger charge is 2.24. The van der Waals surface area contributed by atoms with Crippen molar-refractivity contribution in [3.63, 3.8) is 0 Å². The van der Waals surface area contributed by atoms with E-state index in [0.717, 1.165) is 43.2 Å². The smallest absolute Gasteiger partial charge is 0.335 e. The number of benzene rings is 1. The van der Waals surface area contributed by atoms with Crippen molar-refractivity contribution < 1.29 is 19.1 Å². The van der Waals surface area contributed by atoms with Gasteiger partial charge in [-0.05, 0) is 42.4 Å². The minimum absolute atomic E-state index is 0.219. The Hall–Kier alpha value is -2.10. The van der Waals surface area contributed by atoms with Gasteiger partial charge in [-0.3, -0.25) is 4.79 Å². The zero-order valence-corrected chi connectivity index (χ0v) is 18.9. The van der Waals surface area contributed by atoms with E-state index >= 15 is 0 Å². The predicted molar refractivity (Wildman–Crippen MR) is 118 cm³/mol. The van der Waals surface area contributed by atoms with Crippen molar-refractivity contribution in [1.29, 1.82) is 0 Å². The molecular weight excluding hydrogens is 364 g/mol. The van der Waals surface area contributed by atoms with Gasteiger partial charge < -0.3 is 9.47 Å². The molecule has 0 saturated heterocycles. The number of ether oxygens (including phenoxy) is 2. The SMILES string of the molecule is C=CC(=O)Oc1ccc(OC(=O)CCCCCCCC(C)C)cc1C(C)(C)CC. The molecule has 1 aromatic carbocycles. The molecule has 1 rings (SSSR count). The first-order valence-electron chi connectivity index (χ1n) is 10.9. The van der Waals surface area contributed by atoms with Gasteiger partial charge in [0, 0.05) is 18.1 Å².